The Morgan fingerprint density at radius 3 is 0.985 bits per heavy atom. The van der Waals surface area contributed by atoms with Crippen molar-refractivity contribution in [3.63, 3.8) is 0 Å². The van der Waals surface area contributed by atoms with Crippen LogP contribution >= 0.6 is 0 Å². The SMILES string of the molecule is CCCCCCCCCN(CC=O)CCCCCCCCC.CCCCCCCCCN(CCCCCCCC)CCN(CCCCCCCCC)CC(=O)N1CCCC1.CCCOC. The molecule has 0 atom stereocenters. The summed E-state index contributed by atoms with van der Waals surface area (Å²) in [4.78, 5) is 33.5. The van der Waals surface area contributed by atoms with Gasteiger partial charge in [0.2, 0.25) is 5.91 Å². The van der Waals surface area contributed by atoms with Crippen molar-refractivity contribution in [3.05, 3.63) is 0 Å². The average molecular weight is 922 g/mol. The summed E-state index contributed by atoms with van der Waals surface area (Å²) in [5.74, 6) is 0.375. The number of hydrogen-bond acceptors (Lipinski definition) is 6. The molecule has 1 amide bonds. The van der Waals surface area contributed by atoms with Crippen LogP contribution in [0.4, 0.5) is 0 Å². The molecule has 0 aliphatic carbocycles. The topological polar surface area (TPSA) is 56.3 Å². The summed E-state index contributed by atoms with van der Waals surface area (Å²) in [5, 5.41) is 0. The molecule has 0 aromatic heterocycles. The Kier molecular flexibility index (Phi) is 58.2. The molecule has 7 heteroatoms. The molecule has 1 saturated heterocycles. The van der Waals surface area contributed by atoms with Gasteiger partial charge in [-0.3, -0.25) is 14.6 Å². The molecule has 0 aromatic carbocycles. The summed E-state index contributed by atoms with van der Waals surface area (Å²) in [6.45, 7) is 25.6. The Balaban J connectivity index is 0. The van der Waals surface area contributed by atoms with Crippen LogP contribution in [0.3, 0.4) is 0 Å². The lowest BCUT2D eigenvalue weighted by Crippen LogP contribution is -2.43. The minimum Gasteiger partial charge on any atom is -0.385 e. The second-order valence-corrected chi connectivity index (χ2v) is 19.9. The summed E-state index contributed by atoms with van der Waals surface area (Å²) in [5.41, 5.74) is 0. The number of likely N-dealkylation sites (tertiary alicyclic amines) is 1. The largest absolute Gasteiger partial charge is 0.385 e. The van der Waals surface area contributed by atoms with Gasteiger partial charge in [-0.05, 0) is 84.1 Å². The Hall–Kier alpha value is -1.02. The molecule has 1 aliphatic rings. The normalized spacial score (nSPS) is 12.6. The Bertz CT molecular complexity index is 880. The van der Waals surface area contributed by atoms with Gasteiger partial charge >= 0.3 is 0 Å². The van der Waals surface area contributed by atoms with Gasteiger partial charge in [0.05, 0.1) is 13.1 Å². The third-order valence-electron chi connectivity index (χ3n) is 13.4. The second-order valence-electron chi connectivity index (χ2n) is 19.9. The van der Waals surface area contributed by atoms with Crippen LogP contribution in [0.25, 0.3) is 0 Å². The number of carbonyl (C=O) groups is 2. The highest BCUT2D eigenvalue weighted by Crippen LogP contribution is 2.14. The Labute approximate surface area is 409 Å². The van der Waals surface area contributed by atoms with Crippen molar-refractivity contribution >= 4 is 12.2 Å². The first-order valence-electron chi connectivity index (χ1n) is 29.3. The third kappa shape index (κ3) is 50.7. The zero-order valence-corrected chi connectivity index (χ0v) is 45.7. The molecule has 1 aliphatic heterocycles. The van der Waals surface area contributed by atoms with Crippen molar-refractivity contribution in [2.75, 3.05) is 85.7 Å². The smallest absolute Gasteiger partial charge is 0.236 e. The number of rotatable bonds is 48. The lowest BCUT2D eigenvalue weighted by molar-refractivity contribution is -0.131. The molecule has 0 radical (unpaired) electrons. The van der Waals surface area contributed by atoms with Gasteiger partial charge in [-0.25, -0.2) is 0 Å². The molecule has 65 heavy (non-hydrogen) atoms. The van der Waals surface area contributed by atoms with Crippen molar-refractivity contribution in [3.8, 4) is 0 Å². The molecule has 1 rings (SSSR count). The molecular formula is C58H120N4O3. The standard InChI is InChI=1S/C34H69N3O.C20H41NO.C4H10O/c1-4-7-10-13-16-19-22-27-35(26-21-18-15-12-9-6-3)31-32-36(28-23-20-17-14-11-8-5-2)33-34(38)37-29-24-25-30-37;1-3-5-7-9-11-13-15-17-21(19-20-22)18-16-14-12-10-8-6-4-2;1-3-4-5-2/h4-33H2,1-3H3;20H,3-19H2,1-2H3;3-4H2,1-2H3. The van der Waals surface area contributed by atoms with Crippen LogP contribution in [-0.2, 0) is 14.3 Å². The predicted molar refractivity (Wildman–Crippen MR) is 289 cm³/mol. The molecule has 1 heterocycles. The van der Waals surface area contributed by atoms with Gasteiger partial charge in [-0.1, -0.05) is 228 Å². The fraction of sp³-hybridized carbons (Fsp3) is 0.966. The molecule has 0 aromatic rings. The van der Waals surface area contributed by atoms with Crippen LogP contribution < -0.4 is 0 Å². The van der Waals surface area contributed by atoms with Crippen molar-refractivity contribution in [2.24, 2.45) is 0 Å². The van der Waals surface area contributed by atoms with Crippen molar-refractivity contribution < 1.29 is 14.3 Å². The Morgan fingerprint density at radius 2 is 0.692 bits per heavy atom. The van der Waals surface area contributed by atoms with E-state index in [1.807, 2.05) is 0 Å². The van der Waals surface area contributed by atoms with E-state index in [1.54, 1.807) is 7.11 Å². The van der Waals surface area contributed by atoms with E-state index in [-0.39, 0.29) is 0 Å². The zero-order valence-electron chi connectivity index (χ0n) is 45.7. The quantitative estimate of drug-likeness (QED) is 0.0448. The zero-order chi connectivity index (χ0) is 47.9. The fourth-order valence-electron chi connectivity index (χ4n) is 9.04. The average Bonchev–Trinajstić information content (AvgIpc) is 3.87. The highest BCUT2D eigenvalue weighted by Gasteiger charge is 2.21. The summed E-state index contributed by atoms with van der Waals surface area (Å²) in [7, 11) is 1.71. The molecule has 0 unspecified atom stereocenters. The maximum Gasteiger partial charge on any atom is 0.236 e. The van der Waals surface area contributed by atoms with Gasteiger partial charge in [-0.15, -0.1) is 0 Å². The maximum atomic E-state index is 13.0. The van der Waals surface area contributed by atoms with Gasteiger partial charge < -0.3 is 19.3 Å². The van der Waals surface area contributed by atoms with Crippen LogP contribution in [0.1, 0.15) is 279 Å². The monoisotopic (exact) mass is 921 g/mol. The van der Waals surface area contributed by atoms with E-state index in [0.717, 1.165) is 65.1 Å². The summed E-state index contributed by atoms with van der Waals surface area (Å²) in [6, 6.07) is 0. The highest BCUT2D eigenvalue weighted by molar-refractivity contribution is 5.78. The predicted octanol–water partition coefficient (Wildman–Crippen LogP) is 16.1. The number of unbranched alkanes of at least 4 members (excludes halogenated alkanes) is 29. The van der Waals surface area contributed by atoms with Gasteiger partial charge in [0, 0.05) is 39.9 Å². The molecule has 1 fully saturated rings. The minimum absolute atomic E-state index is 0.375. The number of aldehydes is 1. The lowest BCUT2D eigenvalue weighted by Gasteiger charge is -2.29. The van der Waals surface area contributed by atoms with E-state index in [9.17, 15) is 9.59 Å². The molecule has 0 N–H and O–H groups in total. The van der Waals surface area contributed by atoms with Crippen LogP contribution in [0.15, 0.2) is 0 Å². The van der Waals surface area contributed by atoms with E-state index >= 15 is 0 Å². The first-order valence-corrected chi connectivity index (χ1v) is 29.3. The van der Waals surface area contributed by atoms with Gasteiger partial charge in [0.1, 0.15) is 6.29 Å². The fourth-order valence-corrected chi connectivity index (χ4v) is 9.04. The lowest BCUT2D eigenvalue weighted by atomic mass is 10.1. The van der Waals surface area contributed by atoms with E-state index in [1.165, 1.54) is 244 Å². The van der Waals surface area contributed by atoms with E-state index < -0.39 is 0 Å². The number of nitrogens with zero attached hydrogens (tertiary/aromatic N) is 4. The first kappa shape index (κ1) is 66.1. The van der Waals surface area contributed by atoms with Crippen LogP contribution in [0, 0.1) is 0 Å². The number of amides is 1. The van der Waals surface area contributed by atoms with Crippen LogP contribution in [-0.4, -0.2) is 118 Å². The molecule has 0 saturated carbocycles. The summed E-state index contributed by atoms with van der Waals surface area (Å²) >= 11 is 0. The van der Waals surface area contributed by atoms with Gasteiger partial charge in [-0.2, -0.15) is 0 Å². The van der Waals surface area contributed by atoms with E-state index in [4.69, 9.17) is 4.74 Å². The molecule has 390 valence electrons. The number of ether oxygens (including phenoxy) is 1. The summed E-state index contributed by atoms with van der Waals surface area (Å²) < 4.78 is 4.69. The van der Waals surface area contributed by atoms with Gasteiger partial charge in [0.25, 0.3) is 0 Å². The van der Waals surface area contributed by atoms with Crippen LogP contribution in [0.2, 0.25) is 0 Å². The molecule has 0 bridgehead atoms. The number of methoxy groups -OCH3 is 1. The van der Waals surface area contributed by atoms with Crippen molar-refractivity contribution in [1.82, 2.24) is 19.6 Å². The molecular weight excluding hydrogens is 801 g/mol. The van der Waals surface area contributed by atoms with Crippen LogP contribution in [0.5, 0.6) is 0 Å². The van der Waals surface area contributed by atoms with Gasteiger partial charge in [0.15, 0.2) is 0 Å². The van der Waals surface area contributed by atoms with Crippen molar-refractivity contribution in [1.29, 1.82) is 0 Å². The van der Waals surface area contributed by atoms with E-state index in [0.29, 0.717) is 19.0 Å². The summed E-state index contributed by atoms with van der Waals surface area (Å²) in [6.07, 6.45) is 50.8. The minimum atomic E-state index is 0.375. The Morgan fingerprint density at radius 1 is 0.400 bits per heavy atom. The first-order chi connectivity index (χ1) is 32.0. The third-order valence-corrected chi connectivity index (χ3v) is 13.4. The van der Waals surface area contributed by atoms with Crippen molar-refractivity contribution in [2.45, 2.75) is 279 Å². The molecule has 7 nitrogen and oxygen atoms in total. The maximum absolute atomic E-state index is 13.0. The van der Waals surface area contributed by atoms with E-state index in [2.05, 4.69) is 61.1 Å². The number of carbonyl (C=O) groups excluding carboxylic acids is 2. The highest BCUT2D eigenvalue weighted by atomic mass is 16.5. The molecule has 0 spiro atoms. The number of hydrogen-bond donors (Lipinski definition) is 0. The second kappa shape index (κ2) is 57.3.